The Morgan fingerprint density at radius 1 is 1.11 bits per heavy atom. The number of ether oxygens (including phenoxy) is 1. The van der Waals surface area contributed by atoms with E-state index < -0.39 is 5.97 Å². The zero-order valence-corrected chi connectivity index (χ0v) is 15.3. The van der Waals surface area contributed by atoms with Gasteiger partial charge < -0.3 is 10.1 Å². The van der Waals surface area contributed by atoms with Crippen molar-refractivity contribution in [1.29, 1.82) is 0 Å². The molecule has 1 aromatic heterocycles. The Balaban J connectivity index is 2.02. The van der Waals surface area contributed by atoms with Gasteiger partial charge in [-0.25, -0.2) is 4.79 Å². The lowest BCUT2D eigenvalue weighted by Gasteiger charge is -2.14. The number of anilines is 1. The Kier molecular flexibility index (Phi) is 5.66. The van der Waals surface area contributed by atoms with Crippen molar-refractivity contribution in [3.63, 3.8) is 0 Å². The molecule has 0 atom stereocenters. The van der Waals surface area contributed by atoms with E-state index in [1.54, 1.807) is 13.0 Å². The molecular formula is C21H21N3O3. The van der Waals surface area contributed by atoms with Gasteiger partial charge in [-0.05, 0) is 31.0 Å². The molecule has 0 aliphatic carbocycles. The van der Waals surface area contributed by atoms with Gasteiger partial charge in [-0.15, -0.1) is 0 Å². The molecule has 0 fully saturated rings. The summed E-state index contributed by atoms with van der Waals surface area (Å²) >= 11 is 0. The predicted molar refractivity (Wildman–Crippen MR) is 104 cm³/mol. The Hall–Kier alpha value is -3.41. The fraction of sp³-hybridized carbons (Fsp3) is 0.190. The molecule has 2 aromatic carbocycles. The molecule has 138 valence electrons. The molecule has 0 unspecified atom stereocenters. The molecule has 0 saturated carbocycles. The summed E-state index contributed by atoms with van der Waals surface area (Å²) in [6, 6.07) is 18.5. The number of nitrogens with zero attached hydrogens (tertiary/aromatic N) is 2. The van der Waals surface area contributed by atoms with E-state index in [9.17, 15) is 9.59 Å². The molecule has 0 spiro atoms. The highest BCUT2D eigenvalue weighted by molar-refractivity contribution is 5.93. The van der Waals surface area contributed by atoms with Crippen LogP contribution in [0.25, 0.3) is 5.69 Å². The molecule has 1 heterocycles. The molecule has 27 heavy (non-hydrogen) atoms. The first-order valence-electron chi connectivity index (χ1n) is 8.75. The lowest BCUT2D eigenvalue weighted by atomic mass is 10.2. The summed E-state index contributed by atoms with van der Waals surface area (Å²) in [5.74, 6) is -0.574. The summed E-state index contributed by atoms with van der Waals surface area (Å²) in [7, 11) is 0. The normalized spacial score (nSPS) is 10.4. The second kappa shape index (κ2) is 8.31. The van der Waals surface area contributed by atoms with Crippen LogP contribution in [0, 0.1) is 6.92 Å². The van der Waals surface area contributed by atoms with Gasteiger partial charge in [0, 0.05) is 12.6 Å². The average Bonchev–Trinajstić information content (AvgIpc) is 2.68. The highest BCUT2D eigenvalue weighted by Crippen LogP contribution is 2.16. The first-order chi connectivity index (χ1) is 13.1. The van der Waals surface area contributed by atoms with Crippen LogP contribution in [0.1, 0.15) is 28.5 Å². The van der Waals surface area contributed by atoms with Crippen LogP contribution in [0.3, 0.4) is 0 Å². The van der Waals surface area contributed by atoms with Crippen molar-refractivity contribution in [2.24, 2.45) is 0 Å². The minimum absolute atomic E-state index is 0.0793. The molecule has 3 aromatic rings. The van der Waals surface area contributed by atoms with Gasteiger partial charge in [0.05, 0.1) is 18.0 Å². The van der Waals surface area contributed by atoms with Gasteiger partial charge in [0.2, 0.25) is 0 Å². The molecule has 0 aliphatic heterocycles. The van der Waals surface area contributed by atoms with Crippen molar-refractivity contribution >= 4 is 11.7 Å². The maximum Gasteiger partial charge on any atom is 0.360 e. The first-order valence-corrected chi connectivity index (χ1v) is 8.75. The van der Waals surface area contributed by atoms with E-state index in [2.05, 4.69) is 10.4 Å². The van der Waals surface area contributed by atoms with Crippen molar-refractivity contribution in [3.8, 4) is 5.69 Å². The SMILES string of the molecule is CCOC(=O)c1nn(-c2ccccc2C)c(=O)cc1NCc1ccccc1. The third kappa shape index (κ3) is 4.23. The lowest BCUT2D eigenvalue weighted by Crippen LogP contribution is -2.26. The van der Waals surface area contributed by atoms with Gasteiger partial charge in [-0.3, -0.25) is 4.79 Å². The lowest BCUT2D eigenvalue weighted by molar-refractivity contribution is 0.0518. The van der Waals surface area contributed by atoms with Crippen LogP contribution in [0.15, 0.2) is 65.5 Å². The third-order valence-electron chi connectivity index (χ3n) is 4.07. The van der Waals surface area contributed by atoms with Crippen LogP contribution in [-0.4, -0.2) is 22.4 Å². The van der Waals surface area contributed by atoms with Crippen molar-refractivity contribution < 1.29 is 9.53 Å². The highest BCUT2D eigenvalue weighted by atomic mass is 16.5. The molecule has 6 nitrogen and oxygen atoms in total. The van der Waals surface area contributed by atoms with Gasteiger partial charge in [0.25, 0.3) is 5.56 Å². The van der Waals surface area contributed by atoms with E-state index >= 15 is 0 Å². The van der Waals surface area contributed by atoms with Gasteiger partial charge >= 0.3 is 5.97 Å². The molecule has 6 heteroatoms. The maximum atomic E-state index is 12.6. The quantitative estimate of drug-likeness (QED) is 0.680. The molecular weight excluding hydrogens is 342 g/mol. The summed E-state index contributed by atoms with van der Waals surface area (Å²) in [5.41, 5.74) is 2.64. The first kappa shape index (κ1) is 18.4. The maximum absolute atomic E-state index is 12.6. The Morgan fingerprint density at radius 3 is 2.52 bits per heavy atom. The number of hydrogen-bond acceptors (Lipinski definition) is 5. The van der Waals surface area contributed by atoms with Gasteiger partial charge in [-0.2, -0.15) is 9.78 Å². The average molecular weight is 363 g/mol. The minimum atomic E-state index is -0.574. The molecule has 0 saturated heterocycles. The largest absolute Gasteiger partial charge is 0.461 e. The predicted octanol–water partition coefficient (Wildman–Crippen LogP) is 3.33. The summed E-state index contributed by atoms with van der Waals surface area (Å²) in [6.45, 7) is 4.30. The smallest absolute Gasteiger partial charge is 0.360 e. The third-order valence-corrected chi connectivity index (χ3v) is 4.07. The molecule has 0 bridgehead atoms. The summed E-state index contributed by atoms with van der Waals surface area (Å²) in [6.07, 6.45) is 0. The van der Waals surface area contributed by atoms with Crippen LogP contribution < -0.4 is 10.9 Å². The standard InChI is InChI=1S/C21H21N3O3/c1-3-27-21(26)20-17(22-14-16-10-5-4-6-11-16)13-19(25)24(23-20)18-12-8-7-9-15(18)2/h4-13,22H,3,14H2,1-2H3. The molecule has 0 aliphatic rings. The number of hydrogen-bond donors (Lipinski definition) is 1. The molecule has 0 radical (unpaired) electrons. The second-order valence-electron chi connectivity index (χ2n) is 6.00. The van der Waals surface area contributed by atoms with E-state index in [1.807, 2.05) is 55.5 Å². The van der Waals surface area contributed by atoms with Crippen molar-refractivity contribution in [2.45, 2.75) is 20.4 Å². The number of nitrogens with one attached hydrogen (secondary N) is 1. The number of para-hydroxylation sites is 1. The number of aryl methyl sites for hydroxylation is 1. The second-order valence-corrected chi connectivity index (χ2v) is 6.00. The zero-order chi connectivity index (χ0) is 19.2. The van der Waals surface area contributed by atoms with E-state index in [0.29, 0.717) is 17.9 Å². The Bertz CT molecular complexity index is 997. The number of esters is 1. The van der Waals surface area contributed by atoms with Gasteiger partial charge in [0.1, 0.15) is 0 Å². The Labute approximate surface area is 157 Å². The van der Waals surface area contributed by atoms with Crippen molar-refractivity contribution in [3.05, 3.63) is 87.8 Å². The van der Waals surface area contributed by atoms with Crippen LogP contribution in [0.5, 0.6) is 0 Å². The Morgan fingerprint density at radius 2 is 1.81 bits per heavy atom. The van der Waals surface area contributed by atoms with Gasteiger partial charge in [-0.1, -0.05) is 48.5 Å². The monoisotopic (exact) mass is 363 g/mol. The minimum Gasteiger partial charge on any atom is -0.461 e. The molecule has 1 N–H and O–H groups in total. The number of carbonyl (C=O) groups excluding carboxylic acids is 1. The van der Waals surface area contributed by atoms with E-state index in [4.69, 9.17) is 4.74 Å². The van der Waals surface area contributed by atoms with Crippen LogP contribution in [0.4, 0.5) is 5.69 Å². The summed E-state index contributed by atoms with van der Waals surface area (Å²) < 4.78 is 6.36. The summed E-state index contributed by atoms with van der Waals surface area (Å²) in [4.78, 5) is 25.1. The number of carbonyl (C=O) groups is 1. The van der Waals surface area contributed by atoms with Crippen LogP contribution >= 0.6 is 0 Å². The van der Waals surface area contributed by atoms with Crippen molar-refractivity contribution in [2.75, 3.05) is 11.9 Å². The van der Waals surface area contributed by atoms with E-state index in [0.717, 1.165) is 11.1 Å². The highest BCUT2D eigenvalue weighted by Gasteiger charge is 2.18. The van der Waals surface area contributed by atoms with Gasteiger partial charge in [0.15, 0.2) is 5.69 Å². The van der Waals surface area contributed by atoms with Crippen LogP contribution in [0.2, 0.25) is 0 Å². The number of benzene rings is 2. The summed E-state index contributed by atoms with van der Waals surface area (Å²) in [5, 5.41) is 7.43. The molecule has 3 rings (SSSR count). The number of rotatable bonds is 6. The van der Waals surface area contributed by atoms with Crippen molar-refractivity contribution in [1.82, 2.24) is 9.78 Å². The topological polar surface area (TPSA) is 73.2 Å². The molecule has 0 amide bonds. The van der Waals surface area contributed by atoms with E-state index in [-0.39, 0.29) is 17.9 Å². The number of aromatic nitrogens is 2. The zero-order valence-electron chi connectivity index (χ0n) is 15.3. The fourth-order valence-electron chi connectivity index (χ4n) is 2.71. The van der Waals surface area contributed by atoms with Crippen LogP contribution in [-0.2, 0) is 11.3 Å². The fourth-order valence-corrected chi connectivity index (χ4v) is 2.71. The van der Waals surface area contributed by atoms with E-state index in [1.165, 1.54) is 10.7 Å².